The Labute approximate surface area is 98.5 Å². The van der Waals surface area contributed by atoms with Crippen LogP contribution in [0.25, 0.3) is 0 Å². The molecule has 0 saturated carbocycles. The predicted molar refractivity (Wildman–Crippen MR) is 59.3 cm³/mol. The van der Waals surface area contributed by atoms with Gasteiger partial charge in [-0.3, -0.25) is 4.79 Å². The number of anilines is 1. The predicted octanol–water partition coefficient (Wildman–Crippen LogP) is 0.649. The SMILES string of the molecule is N#Cc1cnc(N2CCCC(C(=O)O)C2)cn1. The lowest BCUT2D eigenvalue weighted by atomic mass is 9.98. The molecule has 17 heavy (non-hydrogen) atoms. The van der Waals surface area contributed by atoms with Crippen LogP contribution in [0.5, 0.6) is 0 Å². The van der Waals surface area contributed by atoms with E-state index in [1.165, 1.54) is 12.4 Å². The number of nitriles is 1. The lowest BCUT2D eigenvalue weighted by Crippen LogP contribution is -2.39. The zero-order valence-electron chi connectivity index (χ0n) is 9.20. The summed E-state index contributed by atoms with van der Waals surface area (Å²) in [6, 6.07) is 1.90. The Kier molecular flexibility index (Phi) is 3.19. The Morgan fingerprint density at radius 1 is 1.53 bits per heavy atom. The Balaban J connectivity index is 2.11. The minimum atomic E-state index is -0.767. The van der Waals surface area contributed by atoms with E-state index in [0.717, 1.165) is 13.0 Å². The first-order chi connectivity index (χ1) is 8.20. The molecule has 1 aliphatic rings. The van der Waals surface area contributed by atoms with E-state index < -0.39 is 5.97 Å². The molecule has 88 valence electrons. The summed E-state index contributed by atoms with van der Waals surface area (Å²) in [5.74, 6) is -0.479. The Morgan fingerprint density at radius 2 is 2.35 bits per heavy atom. The molecule has 1 N–H and O–H groups in total. The van der Waals surface area contributed by atoms with Crippen molar-refractivity contribution in [3.8, 4) is 6.07 Å². The second kappa shape index (κ2) is 4.78. The van der Waals surface area contributed by atoms with Gasteiger partial charge >= 0.3 is 5.97 Å². The van der Waals surface area contributed by atoms with Gasteiger partial charge in [-0.2, -0.15) is 5.26 Å². The maximum absolute atomic E-state index is 10.9. The van der Waals surface area contributed by atoms with Crippen molar-refractivity contribution >= 4 is 11.8 Å². The lowest BCUT2D eigenvalue weighted by Gasteiger charge is -2.31. The van der Waals surface area contributed by atoms with E-state index in [4.69, 9.17) is 10.4 Å². The van der Waals surface area contributed by atoms with E-state index in [2.05, 4.69) is 9.97 Å². The number of piperidine rings is 1. The third-order valence-electron chi connectivity index (χ3n) is 2.85. The van der Waals surface area contributed by atoms with Crippen molar-refractivity contribution in [3.05, 3.63) is 18.1 Å². The highest BCUT2D eigenvalue weighted by atomic mass is 16.4. The smallest absolute Gasteiger partial charge is 0.308 e. The average Bonchev–Trinajstić information content (AvgIpc) is 2.39. The summed E-state index contributed by atoms with van der Waals surface area (Å²) in [6.07, 6.45) is 4.46. The molecule has 1 aliphatic heterocycles. The molecular weight excluding hydrogens is 220 g/mol. The van der Waals surface area contributed by atoms with Crippen molar-refractivity contribution in [2.45, 2.75) is 12.8 Å². The molecule has 0 spiro atoms. The van der Waals surface area contributed by atoms with Crippen molar-refractivity contribution in [3.63, 3.8) is 0 Å². The Hall–Kier alpha value is -2.16. The van der Waals surface area contributed by atoms with Crippen LogP contribution in [0.2, 0.25) is 0 Å². The second-order valence-corrected chi connectivity index (χ2v) is 4.00. The normalized spacial score (nSPS) is 19.7. The van der Waals surface area contributed by atoms with E-state index in [0.29, 0.717) is 18.8 Å². The highest BCUT2D eigenvalue weighted by Crippen LogP contribution is 2.21. The van der Waals surface area contributed by atoms with Crippen LogP contribution in [0.4, 0.5) is 5.82 Å². The zero-order chi connectivity index (χ0) is 12.3. The fourth-order valence-electron chi connectivity index (χ4n) is 1.93. The van der Waals surface area contributed by atoms with E-state index in [1.54, 1.807) is 0 Å². The molecule has 2 rings (SSSR count). The minimum Gasteiger partial charge on any atom is -0.481 e. The van der Waals surface area contributed by atoms with E-state index >= 15 is 0 Å². The molecule has 0 aliphatic carbocycles. The van der Waals surface area contributed by atoms with Crippen molar-refractivity contribution in [2.24, 2.45) is 5.92 Å². The summed E-state index contributed by atoms with van der Waals surface area (Å²) < 4.78 is 0. The molecule has 0 aromatic carbocycles. The number of carboxylic acids is 1. The zero-order valence-corrected chi connectivity index (χ0v) is 9.20. The van der Waals surface area contributed by atoms with Crippen LogP contribution in [0.15, 0.2) is 12.4 Å². The van der Waals surface area contributed by atoms with Crippen LogP contribution in [-0.2, 0) is 4.79 Å². The lowest BCUT2D eigenvalue weighted by molar-refractivity contribution is -0.141. The van der Waals surface area contributed by atoms with Crippen LogP contribution in [0, 0.1) is 17.2 Å². The standard InChI is InChI=1S/C11H12N4O2/c12-4-9-5-14-10(6-13-9)15-3-1-2-8(7-15)11(16)17/h5-6,8H,1-3,7H2,(H,16,17). The topological polar surface area (TPSA) is 90.1 Å². The van der Waals surface area contributed by atoms with Gasteiger partial charge in [0.15, 0.2) is 5.69 Å². The van der Waals surface area contributed by atoms with Gasteiger partial charge in [0.25, 0.3) is 0 Å². The second-order valence-electron chi connectivity index (χ2n) is 4.00. The minimum absolute atomic E-state index is 0.264. The molecule has 1 unspecified atom stereocenters. The number of aromatic nitrogens is 2. The number of hydrogen-bond acceptors (Lipinski definition) is 5. The summed E-state index contributed by atoms with van der Waals surface area (Å²) in [5, 5.41) is 17.6. The van der Waals surface area contributed by atoms with Crippen molar-refractivity contribution in [2.75, 3.05) is 18.0 Å². The number of aliphatic carboxylic acids is 1. The van der Waals surface area contributed by atoms with Gasteiger partial charge in [0, 0.05) is 13.1 Å². The molecule has 2 heterocycles. The fraction of sp³-hybridized carbons (Fsp3) is 0.455. The first kappa shape index (κ1) is 11.3. The average molecular weight is 232 g/mol. The molecule has 6 nitrogen and oxygen atoms in total. The van der Waals surface area contributed by atoms with Crippen molar-refractivity contribution in [1.82, 2.24) is 9.97 Å². The monoisotopic (exact) mass is 232 g/mol. The van der Waals surface area contributed by atoms with Crippen LogP contribution >= 0.6 is 0 Å². The number of rotatable bonds is 2. The van der Waals surface area contributed by atoms with E-state index in [1.807, 2.05) is 11.0 Å². The molecule has 0 radical (unpaired) electrons. The number of carbonyl (C=O) groups is 1. The molecule has 0 amide bonds. The third kappa shape index (κ3) is 2.50. The molecule has 1 aromatic rings. The molecule has 1 atom stereocenters. The van der Waals surface area contributed by atoms with E-state index in [-0.39, 0.29) is 11.6 Å². The maximum atomic E-state index is 10.9. The van der Waals surface area contributed by atoms with Crippen LogP contribution < -0.4 is 4.90 Å². The first-order valence-corrected chi connectivity index (χ1v) is 5.40. The molecule has 1 aromatic heterocycles. The third-order valence-corrected chi connectivity index (χ3v) is 2.85. The van der Waals surface area contributed by atoms with Crippen molar-refractivity contribution < 1.29 is 9.90 Å². The van der Waals surface area contributed by atoms with Crippen LogP contribution in [0.3, 0.4) is 0 Å². The number of hydrogen-bond donors (Lipinski definition) is 1. The summed E-state index contributed by atoms with van der Waals surface area (Å²) >= 11 is 0. The fourth-order valence-corrected chi connectivity index (χ4v) is 1.93. The van der Waals surface area contributed by atoms with Gasteiger partial charge in [0.2, 0.25) is 0 Å². The quantitative estimate of drug-likeness (QED) is 0.805. The first-order valence-electron chi connectivity index (χ1n) is 5.40. The summed E-state index contributed by atoms with van der Waals surface area (Å²) in [6.45, 7) is 1.24. The van der Waals surface area contributed by atoms with Crippen molar-refractivity contribution in [1.29, 1.82) is 5.26 Å². The molecule has 0 bridgehead atoms. The van der Waals surface area contributed by atoms with Crippen LogP contribution in [0.1, 0.15) is 18.5 Å². The summed E-state index contributed by atoms with van der Waals surface area (Å²) in [5.41, 5.74) is 0.264. The number of carboxylic acid groups (broad SMARTS) is 1. The Bertz CT molecular complexity index is 452. The molecular formula is C11H12N4O2. The van der Waals surface area contributed by atoms with Gasteiger partial charge in [-0.05, 0) is 12.8 Å². The highest BCUT2D eigenvalue weighted by molar-refractivity contribution is 5.71. The van der Waals surface area contributed by atoms with Gasteiger partial charge in [0.1, 0.15) is 11.9 Å². The van der Waals surface area contributed by atoms with Crippen LogP contribution in [-0.4, -0.2) is 34.1 Å². The van der Waals surface area contributed by atoms with Gasteiger partial charge in [-0.1, -0.05) is 0 Å². The van der Waals surface area contributed by atoms with E-state index in [9.17, 15) is 4.79 Å². The summed E-state index contributed by atoms with van der Waals surface area (Å²) in [4.78, 5) is 20.9. The van der Waals surface area contributed by atoms with Gasteiger partial charge < -0.3 is 10.0 Å². The Morgan fingerprint density at radius 3 is 2.94 bits per heavy atom. The number of nitrogens with zero attached hydrogens (tertiary/aromatic N) is 4. The molecule has 6 heteroatoms. The maximum Gasteiger partial charge on any atom is 0.308 e. The molecule has 1 saturated heterocycles. The van der Waals surface area contributed by atoms with Gasteiger partial charge in [-0.25, -0.2) is 9.97 Å². The summed E-state index contributed by atoms with van der Waals surface area (Å²) in [7, 11) is 0. The largest absolute Gasteiger partial charge is 0.481 e. The van der Waals surface area contributed by atoms with Gasteiger partial charge in [0.05, 0.1) is 18.3 Å². The highest BCUT2D eigenvalue weighted by Gasteiger charge is 2.26. The molecule has 1 fully saturated rings. The van der Waals surface area contributed by atoms with Gasteiger partial charge in [-0.15, -0.1) is 0 Å².